The fourth-order valence-corrected chi connectivity index (χ4v) is 4.40. The molecule has 142 valence electrons. The molecule has 26 heavy (non-hydrogen) atoms. The smallest absolute Gasteiger partial charge is 0.253 e. The zero-order chi connectivity index (χ0) is 18.0. The summed E-state index contributed by atoms with van der Waals surface area (Å²) in [5, 5.41) is 0. The first-order valence-electron chi connectivity index (χ1n) is 9.64. The molecule has 5 nitrogen and oxygen atoms in total. The SMILES string of the molecule is O=C1COC2(CCCN(CC3CCOC3)CC2)CN1c1cccc(F)c1. The molecule has 4 rings (SSSR count). The number of rotatable bonds is 3. The minimum Gasteiger partial charge on any atom is -0.381 e. The van der Waals surface area contributed by atoms with Crippen molar-refractivity contribution in [2.75, 3.05) is 50.9 Å². The predicted molar refractivity (Wildman–Crippen MR) is 96.7 cm³/mol. The highest BCUT2D eigenvalue weighted by molar-refractivity contribution is 5.95. The van der Waals surface area contributed by atoms with E-state index in [9.17, 15) is 9.18 Å². The molecule has 0 N–H and O–H groups in total. The minimum absolute atomic E-state index is 0.0764. The summed E-state index contributed by atoms with van der Waals surface area (Å²) in [5.41, 5.74) is 0.308. The Morgan fingerprint density at radius 1 is 1.27 bits per heavy atom. The maximum absolute atomic E-state index is 13.6. The number of nitrogens with zero attached hydrogens (tertiary/aromatic N) is 2. The molecule has 2 unspecified atom stereocenters. The highest BCUT2D eigenvalue weighted by Crippen LogP contribution is 2.33. The van der Waals surface area contributed by atoms with Crippen LogP contribution in [0.4, 0.5) is 10.1 Å². The van der Waals surface area contributed by atoms with E-state index in [1.165, 1.54) is 12.1 Å². The van der Waals surface area contributed by atoms with Crippen molar-refractivity contribution in [2.45, 2.75) is 31.3 Å². The largest absolute Gasteiger partial charge is 0.381 e. The molecule has 1 aromatic rings. The van der Waals surface area contributed by atoms with Crippen molar-refractivity contribution in [3.8, 4) is 0 Å². The first-order chi connectivity index (χ1) is 12.6. The topological polar surface area (TPSA) is 42.0 Å². The van der Waals surface area contributed by atoms with Crippen molar-refractivity contribution < 1.29 is 18.7 Å². The minimum atomic E-state index is -0.318. The van der Waals surface area contributed by atoms with Crippen LogP contribution in [0.3, 0.4) is 0 Å². The Morgan fingerprint density at radius 3 is 3.00 bits per heavy atom. The highest BCUT2D eigenvalue weighted by atomic mass is 19.1. The van der Waals surface area contributed by atoms with Crippen LogP contribution in [0.5, 0.6) is 0 Å². The van der Waals surface area contributed by atoms with Gasteiger partial charge in [0.2, 0.25) is 0 Å². The summed E-state index contributed by atoms with van der Waals surface area (Å²) in [4.78, 5) is 16.6. The van der Waals surface area contributed by atoms with Crippen molar-refractivity contribution in [3.63, 3.8) is 0 Å². The number of anilines is 1. The molecule has 2 atom stereocenters. The van der Waals surface area contributed by atoms with Gasteiger partial charge in [0.05, 0.1) is 18.8 Å². The lowest BCUT2D eigenvalue weighted by Gasteiger charge is -2.42. The average Bonchev–Trinajstić information content (AvgIpc) is 3.07. The van der Waals surface area contributed by atoms with Crippen molar-refractivity contribution in [1.82, 2.24) is 4.90 Å². The Balaban J connectivity index is 1.43. The Hall–Kier alpha value is -1.50. The molecule has 3 aliphatic rings. The molecule has 0 bridgehead atoms. The summed E-state index contributed by atoms with van der Waals surface area (Å²) in [5.74, 6) is 0.230. The van der Waals surface area contributed by atoms with Gasteiger partial charge >= 0.3 is 0 Å². The quantitative estimate of drug-likeness (QED) is 0.828. The van der Waals surface area contributed by atoms with Crippen molar-refractivity contribution in [2.24, 2.45) is 5.92 Å². The van der Waals surface area contributed by atoms with Gasteiger partial charge in [0.15, 0.2) is 0 Å². The van der Waals surface area contributed by atoms with Gasteiger partial charge in [-0.05, 0) is 56.3 Å². The molecule has 0 saturated carbocycles. The van der Waals surface area contributed by atoms with E-state index in [0.29, 0.717) is 18.2 Å². The summed E-state index contributed by atoms with van der Waals surface area (Å²) in [6, 6.07) is 6.28. The second-order valence-electron chi connectivity index (χ2n) is 7.82. The average molecular weight is 362 g/mol. The molecule has 1 amide bonds. The molecule has 6 heteroatoms. The lowest BCUT2D eigenvalue weighted by atomic mass is 9.92. The van der Waals surface area contributed by atoms with Crippen LogP contribution < -0.4 is 4.90 Å². The molecule has 3 saturated heterocycles. The van der Waals surface area contributed by atoms with Crippen LogP contribution in [0.25, 0.3) is 0 Å². The number of hydrogen-bond donors (Lipinski definition) is 0. The van der Waals surface area contributed by atoms with Gasteiger partial charge in [-0.2, -0.15) is 0 Å². The van der Waals surface area contributed by atoms with E-state index in [1.807, 2.05) is 0 Å². The number of hydrogen-bond acceptors (Lipinski definition) is 4. The lowest BCUT2D eigenvalue weighted by molar-refractivity contribution is -0.140. The number of likely N-dealkylation sites (tertiary alicyclic amines) is 1. The number of morpholine rings is 1. The third-order valence-corrected chi connectivity index (χ3v) is 5.90. The van der Waals surface area contributed by atoms with E-state index >= 15 is 0 Å². The van der Waals surface area contributed by atoms with Crippen LogP contribution in [-0.4, -0.2) is 62.4 Å². The van der Waals surface area contributed by atoms with Gasteiger partial charge in [-0.15, -0.1) is 0 Å². The summed E-state index contributed by atoms with van der Waals surface area (Å²) in [6.45, 7) is 5.47. The standard InChI is InChI=1S/C20H27FN2O3/c21-17-3-1-4-18(11-17)23-15-20(26-14-19(23)24)6-2-8-22(9-7-20)12-16-5-10-25-13-16/h1,3-4,11,16H,2,5-10,12-15H2. The molecule has 0 aromatic heterocycles. The van der Waals surface area contributed by atoms with Crippen LogP contribution in [-0.2, 0) is 14.3 Å². The summed E-state index contributed by atoms with van der Waals surface area (Å²) < 4.78 is 25.2. The van der Waals surface area contributed by atoms with E-state index < -0.39 is 0 Å². The second kappa shape index (κ2) is 7.62. The number of amides is 1. The van der Waals surface area contributed by atoms with Crippen LogP contribution in [0.1, 0.15) is 25.7 Å². The first kappa shape index (κ1) is 17.9. The third-order valence-electron chi connectivity index (χ3n) is 5.90. The van der Waals surface area contributed by atoms with Gasteiger partial charge in [0.1, 0.15) is 12.4 Å². The van der Waals surface area contributed by atoms with Crippen molar-refractivity contribution in [3.05, 3.63) is 30.1 Å². The Morgan fingerprint density at radius 2 is 2.19 bits per heavy atom. The first-order valence-corrected chi connectivity index (χ1v) is 9.64. The van der Waals surface area contributed by atoms with Crippen LogP contribution in [0.2, 0.25) is 0 Å². The van der Waals surface area contributed by atoms with Gasteiger partial charge in [0, 0.05) is 25.4 Å². The van der Waals surface area contributed by atoms with Gasteiger partial charge in [-0.3, -0.25) is 4.79 Å². The number of halogens is 1. The molecule has 1 spiro atoms. The third kappa shape index (κ3) is 3.92. The monoisotopic (exact) mass is 362 g/mol. The Bertz CT molecular complexity index is 650. The van der Waals surface area contributed by atoms with E-state index in [-0.39, 0.29) is 23.9 Å². The predicted octanol–water partition coefficient (Wildman–Crippen LogP) is 2.45. The fourth-order valence-electron chi connectivity index (χ4n) is 4.40. The molecule has 3 fully saturated rings. The van der Waals surface area contributed by atoms with Gasteiger partial charge in [0.25, 0.3) is 5.91 Å². The molecular formula is C20H27FN2O3. The maximum atomic E-state index is 13.6. The van der Waals surface area contributed by atoms with Crippen LogP contribution >= 0.6 is 0 Å². The fraction of sp³-hybridized carbons (Fsp3) is 0.650. The molecular weight excluding hydrogens is 335 g/mol. The van der Waals surface area contributed by atoms with Crippen LogP contribution in [0.15, 0.2) is 24.3 Å². The molecule has 3 heterocycles. The second-order valence-corrected chi connectivity index (χ2v) is 7.82. The number of benzene rings is 1. The number of carbonyl (C=O) groups excluding carboxylic acids is 1. The lowest BCUT2D eigenvalue weighted by Crippen LogP contribution is -2.55. The summed E-state index contributed by atoms with van der Waals surface area (Å²) >= 11 is 0. The maximum Gasteiger partial charge on any atom is 0.253 e. The van der Waals surface area contributed by atoms with Gasteiger partial charge < -0.3 is 19.3 Å². The Labute approximate surface area is 154 Å². The molecule has 0 aliphatic carbocycles. The molecule has 0 radical (unpaired) electrons. The van der Waals surface area contributed by atoms with Crippen molar-refractivity contribution in [1.29, 1.82) is 0 Å². The highest BCUT2D eigenvalue weighted by Gasteiger charge is 2.41. The zero-order valence-electron chi connectivity index (χ0n) is 15.2. The molecule has 1 aromatic carbocycles. The van der Waals surface area contributed by atoms with E-state index in [4.69, 9.17) is 9.47 Å². The number of ether oxygens (including phenoxy) is 2. The Kier molecular flexibility index (Phi) is 5.25. The van der Waals surface area contributed by atoms with Gasteiger partial charge in [-0.25, -0.2) is 4.39 Å². The normalized spacial score (nSPS) is 30.7. The van der Waals surface area contributed by atoms with E-state index in [1.54, 1.807) is 17.0 Å². The molecule has 3 aliphatic heterocycles. The van der Waals surface area contributed by atoms with Crippen molar-refractivity contribution >= 4 is 11.6 Å². The van der Waals surface area contributed by atoms with Gasteiger partial charge in [-0.1, -0.05) is 6.07 Å². The van der Waals surface area contributed by atoms with Crippen LogP contribution in [0, 0.1) is 11.7 Å². The van der Waals surface area contributed by atoms with E-state index in [2.05, 4.69) is 4.90 Å². The summed E-state index contributed by atoms with van der Waals surface area (Å²) in [7, 11) is 0. The zero-order valence-corrected chi connectivity index (χ0v) is 15.2. The number of carbonyl (C=O) groups is 1. The summed E-state index contributed by atoms with van der Waals surface area (Å²) in [6.07, 6.45) is 4.04. The van der Waals surface area contributed by atoms with E-state index in [0.717, 1.165) is 58.5 Å².